The van der Waals surface area contributed by atoms with Crippen LogP contribution < -0.4 is 10.2 Å². The number of nitrogens with one attached hydrogen (secondary N) is 1. The summed E-state index contributed by atoms with van der Waals surface area (Å²) in [5, 5.41) is 3.57. The fourth-order valence-electron chi connectivity index (χ4n) is 2.63. The van der Waals surface area contributed by atoms with Crippen LogP contribution in [0, 0.1) is 6.92 Å². The van der Waals surface area contributed by atoms with Crippen molar-refractivity contribution in [2.45, 2.75) is 52.1 Å². The molecule has 1 saturated heterocycles. The highest BCUT2D eigenvalue weighted by molar-refractivity contribution is 5.48. The summed E-state index contributed by atoms with van der Waals surface area (Å²) in [6.07, 6.45) is 5.87. The van der Waals surface area contributed by atoms with Gasteiger partial charge in [0, 0.05) is 42.8 Å². The second kappa shape index (κ2) is 6.19. The summed E-state index contributed by atoms with van der Waals surface area (Å²) in [5.74, 6) is 0. The number of aromatic nitrogens is 1. The molecule has 3 heteroatoms. The minimum Gasteiger partial charge on any atom is -0.367 e. The Morgan fingerprint density at radius 2 is 2.28 bits per heavy atom. The maximum atomic E-state index is 4.29. The van der Waals surface area contributed by atoms with Crippen molar-refractivity contribution in [3.05, 3.63) is 24.0 Å². The van der Waals surface area contributed by atoms with E-state index in [0.29, 0.717) is 12.1 Å². The molecule has 0 aliphatic carbocycles. The molecule has 3 nitrogen and oxygen atoms in total. The molecular formula is C15H25N3. The van der Waals surface area contributed by atoms with Crippen molar-refractivity contribution in [1.29, 1.82) is 0 Å². The second-order valence-electron chi connectivity index (χ2n) is 5.56. The average molecular weight is 247 g/mol. The van der Waals surface area contributed by atoms with Crippen molar-refractivity contribution >= 4 is 5.69 Å². The molecule has 0 spiro atoms. The summed E-state index contributed by atoms with van der Waals surface area (Å²) < 4.78 is 0. The quantitative estimate of drug-likeness (QED) is 0.886. The van der Waals surface area contributed by atoms with Gasteiger partial charge in [-0.05, 0) is 38.3 Å². The standard InChI is InChI=1S/C15H25N3/c1-12(2)17-11-15-6-4-5-9-18(15)14-7-8-16-13(3)10-14/h7-8,10,12,15,17H,4-6,9,11H2,1-3H3. The van der Waals surface area contributed by atoms with Gasteiger partial charge in [0.15, 0.2) is 0 Å². The summed E-state index contributed by atoms with van der Waals surface area (Å²) in [7, 11) is 0. The SMILES string of the molecule is Cc1cc(N2CCCCC2CNC(C)C)ccn1. The Balaban J connectivity index is 2.07. The molecule has 1 aliphatic heterocycles. The van der Waals surface area contributed by atoms with Crippen molar-refractivity contribution in [1.82, 2.24) is 10.3 Å². The van der Waals surface area contributed by atoms with Gasteiger partial charge in [0.25, 0.3) is 0 Å². The van der Waals surface area contributed by atoms with Gasteiger partial charge in [-0.1, -0.05) is 13.8 Å². The van der Waals surface area contributed by atoms with Crippen LogP contribution in [0.1, 0.15) is 38.8 Å². The van der Waals surface area contributed by atoms with Gasteiger partial charge in [-0.2, -0.15) is 0 Å². The molecule has 100 valence electrons. The Morgan fingerprint density at radius 3 is 3.00 bits per heavy atom. The van der Waals surface area contributed by atoms with Gasteiger partial charge < -0.3 is 10.2 Å². The summed E-state index contributed by atoms with van der Waals surface area (Å²) in [4.78, 5) is 6.84. The van der Waals surface area contributed by atoms with Gasteiger partial charge in [-0.3, -0.25) is 4.98 Å². The molecule has 0 radical (unpaired) electrons. The van der Waals surface area contributed by atoms with E-state index in [4.69, 9.17) is 0 Å². The molecule has 0 aromatic carbocycles. The van der Waals surface area contributed by atoms with E-state index in [0.717, 1.165) is 12.2 Å². The van der Waals surface area contributed by atoms with Crippen LogP contribution in [-0.2, 0) is 0 Å². The Bertz CT molecular complexity index is 376. The third kappa shape index (κ3) is 3.45. The number of nitrogens with zero attached hydrogens (tertiary/aromatic N) is 2. The zero-order valence-corrected chi connectivity index (χ0v) is 11.8. The highest BCUT2D eigenvalue weighted by Crippen LogP contribution is 2.24. The number of aryl methyl sites for hydroxylation is 1. The smallest absolute Gasteiger partial charge is 0.0414 e. The normalized spacial score (nSPS) is 20.4. The number of rotatable bonds is 4. The van der Waals surface area contributed by atoms with E-state index >= 15 is 0 Å². The molecule has 1 N–H and O–H groups in total. The number of piperidine rings is 1. The first-order valence-corrected chi connectivity index (χ1v) is 7.09. The van der Waals surface area contributed by atoms with Gasteiger partial charge in [0.1, 0.15) is 0 Å². The first kappa shape index (κ1) is 13.3. The Labute approximate surface area is 111 Å². The monoisotopic (exact) mass is 247 g/mol. The molecule has 1 atom stereocenters. The highest BCUT2D eigenvalue weighted by atomic mass is 15.2. The molecule has 1 unspecified atom stereocenters. The molecular weight excluding hydrogens is 222 g/mol. The van der Waals surface area contributed by atoms with Crippen LogP contribution in [0.25, 0.3) is 0 Å². The van der Waals surface area contributed by atoms with Crippen molar-refractivity contribution < 1.29 is 0 Å². The van der Waals surface area contributed by atoms with Gasteiger partial charge >= 0.3 is 0 Å². The predicted molar refractivity (Wildman–Crippen MR) is 77.1 cm³/mol. The summed E-state index contributed by atoms with van der Waals surface area (Å²) >= 11 is 0. The van der Waals surface area contributed by atoms with E-state index in [9.17, 15) is 0 Å². The first-order valence-electron chi connectivity index (χ1n) is 7.09. The van der Waals surface area contributed by atoms with Crippen LogP contribution in [0.2, 0.25) is 0 Å². The lowest BCUT2D eigenvalue weighted by Gasteiger charge is -2.38. The van der Waals surface area contributed by atoms with E-state index in [2.05, 4.69) is 48.1 Å². The Kier molecular flexibility index (Phi) is 4.59. The molecule has 2 heterocycles. The zero-order chi connectivity index (χ0) is 13.0. The van der Waals surface area contributed by atoms with E-state index < -0.39 is 0 Å². The highest BCUT2D eigenvalue weighted by Gasteiger charge is 2.22. The van der Waals surface area contributed by atoms with Crippen molar-refractivity contribution in [2.75, 3.05) is 18.0 Å². The lowest BCUT2D eigenvalue weighted by molar-refractivity contribution is 0.421. The average Bonchev–Trinajstić information content (AvgIpc) is 2.36. The summed E-state index contributed by atoms with van der Waals surface area (Å²) in [6.45, 7) is 8.75. The van der Waals surface area contributed by atoms with E-state index in [1.54, 1.807) is 0 Å². The maximum Gasteiger partial charge on any atom is 0.0414 e. The van der Waals surface area contributed by atoms with Crippen molar-refractivity contribution in [3.8, 4) is 0 Å². The maximum absolute atomic E-state index is 4.29. The molecule has 0 amide bonds. The van der Waals surface area contributed by atoms with Crippen LogP contribution in [0.5, 0.6) is 0 Å². The fourth-order valence-corrected chi connectivity index (χ4v) is 2.63. The van der Waals surface area contributed by atoms with Crippen LogP contribution in [0.4, 0.5) is 5.69 Å². The molecule has 1 aliphatic rings. The molecule has 1 fully saturated rings. The van der Waals surface area contributed by atoms with Crippen LogP contribution in [-0.4, -0.2) is 30.2 Å². The van der Waals surface area contributed by atoms with E-state index in [1.165, 1.54) is 31.5 Å². The Morgan fingerprint density at radius 1 is 1.44 bits per heavy atom. The number of anilines is 1. The Hall–Kier alpha value is -1.09. The second-order valence-corrected chi connectivity index (χ2v) is 5.56. The van der Waals surface area contributed by atoms with Gasteiger partial charge in [0.2, 0.25) is 0 Å². The minimum atomic E-state index is 0.563. The topological polar surface area (TPSA) is 28.2 Å². The summed E-state index contributed by atoms with van der Waals surface area (Å²) in [5.41, 5.74) is 2.44. The fraction of sp³-hybridized carbons (Fsp3) is 0.667. The molecule has 18 heavy (non-hydrogen) atoms. The largest absolute Gasteiger partial charge is 0.367 e. The van der Waals surface area contributed by atoms with Gasteiger partial charge in [-0.15, -0.1) is 0 Å². The van der Waals surface area contributed by atoms with Crippen LogP contribution >= 0.6 is 0 Å². The molecule has 2 rings (SSSR count). The third-order valence-corrected chi connectivity index (χ3v) is 3.60. The number of hydrogen-bond donors (Lipinski definition) is 1. The van der Waals surface area contributed by atoms with E-state index in [1.807, 2.05) is 6.20 Å². The molecule has 0 saturated carbocycles. The van der Waals surface area contributed by atoms with Crippen molar-refractivity contribution in [2.24, 2.45) is 0 Å². The predicted octanol–water partition coefficient (Wildman–Crippen LogP) is 2.75. The third-order valence-electron chi connectivity index (χ3n) is 3.60. The zero-order valence-electron chi connectivity index (χ0n) is 11.8. The summed E-state index contributed by atoms with van der Waals surface area (Å²) in [6, 6.07) is 5.53. The van der Waals surface area contributed by atoms with Crippen LogP contribution in [0.3, 0.4) is 0 Å². The minimum absolute atomic E-state index is 0.563. The first-order chi connectivity index (χ1) is 8.66. The van der Waals surface area contributed by atoms with E-state index in [-0.39, 0.29) is 0 Å². The number of pyridine rings is 1. The number of hydrogen-bond acceptors (Lipinski definition) is 3. The van der Waals surface area contributed by atoms with Gasteiger partial charge in [-0.25, -0.2) is 0 Å². The lowest BCUT2D eigenvalue weighted by atomic mass is 10.0. The molecule has 1 aromatic rings. The van der Waals surface area contributed by atoms with Crippen molar-refractivity contribution in [3.63, 3.8) is 0 Å². The molecule has 0 bridgehead atoms. The lowest BCUT2D eigenvalue weighted by Crippen LogP contribution is -2.47. The molecule has 1 aromatic heterocycles. The van der Waals surface area contributed by atoms with Crippen LogP contribution in [0.15, 0.2) is 18.3 Å². The van der Waals surface area contributed by atoms with Gasteiger partial charge in [0.05, 0.1) is 0 Å².